The number of aromatic amines is 2. The maximum absolute atomic E-state index is 11.0. The number of ether oxygens (including phenoxy) is 1. The molecular formula is C7H8N2O5. The topological polar surface area (TPSA) is 112 Å². The summed E-state index contributed by atoms with van der Waals surface area (Å²) < 4.78 is 4.81. The van der Waals surface area contributed by atoms with Crippen molar-refractivity contribution in [1.82, 2.24) is 9.97 Å². The van der Waals surface area contributed by atoms with E-state index in [4.69, 9.17) is 9.84 Å². The third-order valence-electron chi connectivity index (χ3n) is 1.36. The number of hydrogen-bond donors (Lipinski definition) is 3. The molecule has 0 unspecified atom stereocenters. The van der Waals surface area contributed by atoms with Gasteiger partial charge in [-0.2, -0.15) is 0 Å². The Morgan fingerprint density at radius 2 is 2.21 bits per heavy atom. The monoisotopic (exact) mass is 200 g/mol. The molecule has 1 aromatic heterocycles. The van der Waals surface area contributed by atoms with Crippen molar-refractivity contribution in [3.8, 4) is 5.75 Å². The number of H-pyrrole nitrogens is 2. The minimum Gasteiger partial charge on any atom is -0.486 e. The summed E-state index contributed by atoms with van der Waals surface area (Å²) in [7, 11) is 0. The second kappa shape index (κ2) is 4.26. The summed E-state index contributed by atoms with van der Waals surface area (Å²) in [5.41, 5.74) is -1.32. The molecule has 1 rings (SSSR count). The quantitative estimate of drug-likeness (QED) is 0.572. The zero-order valence-corrected chi connectivity index (χ0v) is 7.07. The van der Waals surface area contributed by atoms with Crippen LogP contribution in [0.25, 0.3) is 0 Å². The first-order valence-electron chi connectivity index (χ1n) is 3.76. The number of hydrogen-bond acceptors (Lipinski definition) is 4. The number of carboxylic acid groups (broad SMARTS) is 1. The Hall–Kier alpha value is -2.05. The van der Waals surface area contributed by atoms with Crippen LogP contribution >= 0.6 is 0 Å². The van der Waals surface area contributed by atoms with Gasteiger partial charge in [-0.3, -0.25) is 14.6 Å². The lowest BCUT2D eigenvalue weighted by Gasteiger charge is -2.01. The van der Waals surface area contributed by atoms with Crippen LogP contribution < -0.4 is 16.0 Å². The SMILES string of the molecule is O=C(O)CCOc1c[nH]c(=O)[nH]c1=O. The molecule has 0 spiro atoms. The van der Waals surface area contributed by atoms with Crippen molar-refractivity contribution in [1.29, 1.82) is 0 Å². The van der Waals surface area contributed by atoms with Crippen LogP contribution in [0.15, 0.2) is 15.8 Å². The molecule has 76 valence electrons. The first-order chi connectivity index (χ1) is 6.59. The van der Waals surface area contributed by atoms with Crippen LogP contribution in [0.1, 0.15) is 6.42 Å². The van der Waals surface area contributed by atoms with Crippen LogP contribution in [-0.4, -0.2) is 27.7 Å². The van der Waals surface area contributed by atoms with Gasteiger partial charge in [-0.1, -0.05) is 0 Å². The van der Waals surface area contributed by atoms with E-state index in [2.05, 4.69) is 4.98 Å². The van der Waals surface area contributed by atoms with E-state index in [0.29, 0.717) is 0 Å². The van der Waals surface area contributed by atoms with E-state index in [1.165, 1.54) is 0 Å². The van der Waals surface area contributed by atoms with E-state index >= 15 is 0 Å². The predicted molar refractivity (Wildman–Crippen MR) is 45.4 cm³/mol. The molecule has 0 aliphatic heterocycles. The Labute approximate surface area is 77.4 Å². The lowest BCUT2D eigenvalue weighted by molar-refractivity contribution is -0.137. The molecule has 0 bridgehead atoms. The molecule has 0 radical (unpaired) electrons. The molecule has 0 amide bonds. The van der Waals surface area contributed by atoms with E-state index in [1.54, 1.807) is 0 Å². The van der Waals surface area contributed by atoms with Crippen molar-refractivity contribution in [3.63, 3.8) is 0 Å². The minimum absolute atomic E-state index is 0.106. The predicted octanol–water partition coefficient (Wildman–Crippen LogP) is -1.08. The third kappa shape index (κ3) is 2.77. The molecule has 0 aliphatic carbocycles. The Balaban J connectivity index is 2.64. The van der Waals surface area contributed by atoms with Crippen molar-refractivity contribution < 1.29 is 14.6 Å². The highest BCUT2D eigenvalue weighted by Crippen LogP contribution is 1.96. The van der Waals surface area contributed by atoms with E-state index in [9.17, 15) is 14.4 Å². The average molecular weight is 200 g/mol. The lowest BCUT2D eigenvalue weighted by atomic mass is 10.5. The number of rotatable bonds is 4. The van der Waals surface area contributed by atoms with E-state index in [1.807, 2.05) is 4.98 Å². The zero-order valence-electron chi connectivity index (χ0n) is 7.07. The van der Waals surface area contributed by atoms with Gasteiger partial charge in [0.1, 0.15) is 0 Å². The maximum Gasteiger partial charge on any atom is 0.325 e. The van der Waals surface area contributed by atoms with Gasteiger partial charge in [-0.25, -0.2) is 4.79 Å². The minimum atomic E-state index is -1.02. The van der Waals surface area contributed by atoms with E-state index in [-0.39, 0.29) is 18.8 Å². The summed E-state index contributed by atoms with van der Waals surface area (Å²) in [6.07, 6.45) is 0.877. The lowest BCUT2D eigenvalue weighted by Crippen LogP contribution is -2.23. The molecule has 0 aliphatic rings. The van der Waals surface area contributed by atoms with E-state index < -0.39 is 17.2 Å². The highest BCUT2D eigenvalue weighted by atomic mass is 16.5. The third-order valence-corrected chi connectivity index (χ3v) is 1.36. The van der Waals surface area contributed by atoms with Gasteiger partial charge in [0.2, 0.25) is 5.75 Å². The molecule has 0 saturated heterocycles. The highest BCUT2D eigenvalue weighted by Gasteiger charge is 2.02. The molecule has 0 atom stereocenters. The van der Waals surface area contributed by atoms with Gasteiger partial charge in [0.25, 0.3) is 5.56 Å². The van der Waals surface area contributed by atoms with Crippen LogP contribution in [0.2, 0.25) is 0 Å². The molecule has 3 N–H and O–H groups in total. The van der Waals surface area contributed by atoms with Crippen LogP contribution in [0.4, 0.5) is 0 Å². The van der Waals surface area contributed by atoms with E-state index in [0.717, 1.165) is 6.20 Å². The second-order valence-corrected chi connectivity index (χ2v) is 2.43. The van der Waals surface area contributed by atoms with Crippen molar-refractivity contribution in [3.05, 3.63) is 27.0 Å². The first kappa shape index (κ1) is 10.0. The summed E-state index contributed by atoms with van der Waals surface area (Å²) in [5.74, 6) is -1.13. The van der Waals surface area contributed by atoms with Gasteiger partial charge in [0, 0.05) is 0 Å². The number of aromatic nitrogens is 2. The fraction of sp³-hybridized carbons (Fsp3) is 0.286. The number of aliphatic carboxylic acids is 1. The molecule has 0 fully saturated rings. The van der Waals surface area contributed by atoms with Crippen LogP contribution in [-0.2, 0) is 4.79 Å². The molecule has 1 heterocycles. The van der Waals surface area contributed by atoms with Gasteiger partial charge >= 0.3 is 11.7 Å². The molecule has 1 aromatic rings. The van der Waals surface area contributed by atoms with Gasteiger partial charge in [0.05, 0.1) is 19.2 Å². The number of carbonyl (C=O) groups is 1. The first-order valence-corrected chi connectivity index (χ1v) is 3.76. The number of nitrogens with one attached hydrogen (secondary N) is 2. The van der Waals surface area contributed by atoms with Gasteiger partial charge in [0.15, 0.2) is 0 Å². The Bertz CT molecular complexity index is 432. The molecule has 14 heavy (non-hydrogen) atoms. The summed E-state index contributed by atoms with van der Waals surface area (Å²) in [6.45, 7) is -0.121. The smallest absolute Gasteiger partial charge is 0.325 e. The summed E-state index contributed by atoms with van der Waals surface area (Å²) in [5, 5.41) is 8.28. The Morgan fingerprint density at radius 3 is 2.79 bits per heavy atom. The molecular weight excluding hydrogens is 192 g/mol. The van der Waals surface area contributed by atoms with Crippen LogP contribution in [0, 0.1) is 0 Å². The maximum atomic E-state index is 11.0. The second-order valence-electron chi connectivity index (χ2n) is 2.43. The summed E-state index contributed by atoms with van der Waals surface area (Å²) in [6, 6.07) is 0. The highest BCUT2D eigenvalue weighted by molar-refractivity contribution is 5.66. The Kier molecular flexibility index (Phi) is 3.05. The van der Waals surface area contributed by atoms with Gasteiger partial charge in [-0.05, 0) is 0 Å². The van der Waals surface area contributed by atoms with Crippen molar-refractivity contribution in [2.24, 2.45) is 0 Å². The fourth-order valence-corrected chi connectivity index (χ4v) is 0.753. The largest absolute Gasteiger partial charge is 0.486 e. The van der Waals surface area contributed by atoms with Crippen LogP contribution in [0.5, 0.6) is 5.75 Å². The summed E-state index contributed by atoms with van der Waals surface area (Å²) in [4.78, 5) is 35.8. The zero-order chi connectivity index (χ0) is 10.6. The van der Waals surface area contributed by atoms with Gasteiger partial charge < -0.3 is 14.8 Å². The van der Waals surface area contributed by atoms with Gasteiger partial charge in [-0.15, -0.1) is 0 Å². The molecule has 0 aromatic carbocycles. The molecule has 7 heteroatoms. The number of carboxylic acids is 1. The molecule has 0 saturated carbocycles. The fourth-order valence-electron chi connectivity index (χ4n) is 0.753. The Morgan fingerprint density at radius 1 is 1.50 bits per heavy atom. The van der Waals surface area contributed by atoms with Crippen molar-refractivity contribution in [2.75, 3.05) is 6.61 Å². The average Bonchev–Trinajstić information content (AvgIpc) is 2.08. The van der Waals surface area contributed by atoms with Crippen molar-refractivity contribution in [2.45, 2.75) is 6.42 Å². The standard InChI is InChI=1S/C7H8N2O5/c10-5(11)1-2-14-4-3-8-7(13)9-6(4)12/h3H,1-2H2,(H,10,11)(H2,8,9,12,13). The normalized spacial score (nSPS) is 9.71. The van der Waals surface area contributed by atoms with Crippen LogP contribution in [0.3, 0.4) is 0 Å². The summed E-state index contributed by atoms with van der Waals surface area (Å²) >= 11 is 0. The molecule has 7 nitrogen and oxygen atoms in total. The van der Waals surface area contributed by atoms with Crippen molar-refractivity contribution >= 4 is 5.97 Å².